The number of hydrogen-bond donors (Lipinski definition) is 0. The van der Waals surface area contributed by atoms with Crippen LogP contribution in [0.15, 0.2) is 0 Å². The zero-order valence-electron chi connectivity index (χ0n) is 3.69. The van der Waals surface area contributed by atoms with E-state index >= 15 is 0 Å². The lowest BCUT2D eigenvalue weighted by Gasteiger charge is -1.94. The molecule has 0 bridgehead atoms. The maximum Gasteiger partial charge on any atom is 0.0704 e. The molecular weight excluding hydrogens is 64.0 g/mol. The fourth-order valence-corrected chi connectivity index (χ4v) is 0. The number of rotatable bonds is 1. The molecule has 0 unspecified atom stereocenters. The highest BCUT2D eigenvalue weighted by Crippen LogP contribution is 1.79. The van der Waals surface area contributed by atoms with E-state index in [4.69, 9.17) is 0 Å². The lowest BCUT2D eigenvalue weighted by atomic mass is 10.5. The Balaban J connectivity index is 2.54. The molecule has 0 rings (SSSR count). The lowest BCUT2D eigenvalue weighted by Crippen LogP contribution is -1.92. The second kappa shape index (κ2) is 2.21. The molecule has 0 aliphatic carbocycles. The van der Waals surface area contributed by atoms with Crippen LogP contribution in [0.1, 0.15) is 13.8 Å². The van der Waals surface area contributed by atoms with Gasteiger partial charge in [-0.05, 0) is 13.8 Å². The second-order valence-electron chi connectivity index (χ2n) is 1.22. The summed E-state index contributed by atoms with van der Waals surface area (Å²) in [5.41, 5.74) is 0. The van der Waals surface area contributed by atoms with Gasteiger partial charge in [-0.1, -0.05) is 0 Å². The molecular formula is C4H9O. The van der Waals surface area contributed by atoms with E-state index in [9.17, 15) is 0 Å². The third-order valence-electron chi connectivity index (χ3n) is 0.333. The lowest BCUT2D eigenvalue weighted by molar-refractivity contribution is 0.172. The van der Waals surface area contributed by atoms with Crippen LogP contribution in [0.4, 0.5) is 0 Å². The van der Waals surface area contributed by atoms with Gasteiger partial charge >= 0.3 is 0 Å². The monoisotopic (exact) mass is 73.1 g/mol. The van der Waals surface area contributed by atoms with E-state index in [2.05, 4.69) is 11.8 Å². The van der Waals surface area contributed by atoms with Crippen LogP contribution in [-0.2, 0) is 4.74 Å². The Hall–Kier alpha value is -0.0400. The highest BCUT2D eigenvalue weighted by Gasteiger charge is 1.79. The van der Waals surface area contributed by atoms with Crippen LogP contribution < -0.4 is 0 Å². The van der Waals surface area contributed by atoms with Crippen LogP contribution in [0.3, 0.4) is 0 Å². The van der Waals surface area contributed by atoms with E-state index in [0.29, 0.717) is 0 Å². The SMILES string of the molecule is [CH2]OC(C)C. The van der Waals surface area contributed by atoms with E-state index in [-0.39, 0.29) is 6.10 Å². The summed E-state index contributed by atoms with van der Waals surface area (Å²) in [6, 6.07) is 0. The minimum atomic E-state index is 0.273. The van der Waals surface area contributed by atoms with Gasteiger partial charge in [0.1, 0.15) is 0 Å². The molecule has 0 aromatic rings. The fourth-order valence-electron chi connectivity index (χ4n) is 0. The molecule has 1 nitrogen and oxygen atoms in total. The molecule has 0 aliphatic heterocycles. The molecule has 0 fully saturated rings. The first-order chi connectivity index (χ1) is 2.27. The molecule has 0 amide bonds. The molecule has 1 radical (unpaired) electrons. The molecule has 0 saturated heterocycles. The fraction of sp³-hybridized carbons (Fsp3) is 0.750. The summed E-state index contributed by atoms with van der Waals surface area (Å²) in [6.45, 7) is 3.88. The summed E-state index contributed by atoms with van der Waals surface area (Å²) in [5, 5.41) is 0. The Bertz CT molecular complexity index is 17.6. The first-order valence-electron chi connectivity index (χ1n) is 1.68. The summed E-state index contributed by atoms with van der Waals surface area (Å²) in [4.78, 5) is 0. The Morgan fingerprint density at radius 1 is 1.60 bits per heavy atom. The first kappa shape index (κ1) is 4.96. The smallest absolute Gasteiger partial charge is 0.0704 e. The summed E-state index contributed by atoms with van der Waals surface area (Å²) in [6.07, 6.45) is 0.273. The van der Waals surface area contributed by atoms with Crippen molar-refractivity contribution in [2.75, 3.05) is 0 Å². The Morgan fingerprint density at radius 3 is 1.80 bits per heavy atom. The van der Waals surface area contributed by atoms with Gasteiger partial charge in [0, 0.05) is 0 Å². The van der Waals surface area contributed by atoms with E-state index in [1.807, 2.05) is 13.8 Å². The zero-order chi connectivity index (χ0) is 4.28. The Labute approximate surface area is 32.9 Å². The minimum absolute atomic E-state index is 0.273. The van der Waals surface area contributed by atoms with Gasteiger partial charge in [-0.3, -0.25) is 0 Å². The van der Waals surface area contributed by atoms with Gasteiger partial charge in [0.15, 0.2) is 0 Å². The number of hydrogen-bond acceptors (Lipinski definition) is 1. The topological polar surface area (TPSA) is 9.23 Å². The zero-order valence-corrected chi connectivity index (χ0v) is 3.69. The summed E-state index contributed by atoms with van der Waals surface area (Å²) in [7, 11) is 3.19. The van der Waals surface area contributed by atoms with Crippen LogP contribution in [-0.4, -0.2) is 6.10 Å². The van der Waals surface area contributed by atoms with E-state index in [1.54, 1.807) is 0 Å². The quantitative estimate of drug-likeness (QED) is 0.453. The van der Waals surface area contributed by atoms with Crippen LogP contribution >= 0.6 is 0 Å². The van der Waals surface area contributed by atoms with Crippen LogP contribution in [0.5, 0.6) is 0 Å². The third kappa shape index (κ3) is 3.96. The van der Waals surface area contributed by atoms with Crippen molar-refractivity contribution in [3.63, 3.8) is 0 Å². The predicted octanol–water partition coefficient (Wildman–Crippen LogP) is 1.20. The second-order valence-corrected chi connectivity index (χ2v) is 1.22. The third-order valence-corrected chi connectivity index (χ3v) is 0.333. The van der Waals surface area contributed by atoms with Gasteiger partial charge in [0.25, 0.3) is 0 Å². The van der Waals surface area contributed by atoms with Crippen molar-refractivity contribution in [3.8, 4) is 0 Å². The Morgan fingerprint density at radius 2 is 1.80 bits per heavy atom. The maximum atomic E-state index is 4.50. The molecule has 0 heterocycles. The molecule has 0 aromatic carbocycles. The van der Waals surface area contributed by atoms with Crippen molar-refractivity contribution >= 4 is 0 Å². The highest BCUT2D eigenvalue weighted by atomic mass is 16.5. The average Bonchev–Trinajstić information content (AvgIpc) is 1.38. The van der Waals surface area contributed by atoms with Crippen molar-refractivity contribution < 1.29 is 4.74 Å². The molecule has 0 spiro atoms. The van der Waals surface area contributed by atoms with Gasteiger partial charge in [-0.15, -0.1) is 0 Å². The molecule has 5 heavy (non-hydrogen) atoms. The van der Waals surface area contributed by atoms with Crippen LogP contribution in [0.2, 0.25) is 0 Å². The molecule has 0 aromatic heterocycles. The normalized spacial score (nSPS) is 9.60. The molecule has 31 valence electrons. The summed E-state index contributed by atoms with van der Waals surface area (Å²) >= 11 is 0. The van der Waals surface area contributed by atoms with Crippen LogP contribution in [0, 0.1) is 7.11 Å². The van der Waals surface area contributed by atoms with Crippen molar-refractivity contribution in [1.29, 1.82) is 0 Å². The average molecular weight is 73.1 g/mol. The standard InChI is InChI=1S/C4H9O/c1-4(2)5-3/h4H,3H2,1-2H3. The molecule has 0 atom stereocenters. The summed E-state index contributed by atoms with van der Waals surface area (Å²) in [5.74, 6) is 0. The Kier molecular flexibility index (Phi) is 2.19. The van der Waals surface area contributed by atoms with Crippen molar-refractivity contribution in [2.45, 2.75) is 20.0 Å². The molecule has 0 N–H and O–H groups in total. The van der Waals surface area contributed by atoms with Gasteiger partial charge in [0.05, 0.1) is 13.2 Å². The van der Waals surface area contributed by atoms with Gasteiger partial charge < -0.3 is 4.74 Å². The van der Waals surface area contributed by atoms with E-state index in [1.165, 1.54) is 0 Å². The maximum absolute atomic E-state index is 4.50. The van der Waals surface area contributed by atoms with E-state index in [0.717, 1.165) is 0 Å². The minimum Gasteiger partial charge on any atom is -0.376 e. The van der Waals surface area contributed by atoms with E-state index < -0.39 is 0 Å². The van der Waals surface area contributed by atoms with Crippen LogP contribution in [0.25, 0.3) is 0 Å². The summed E-state index contributed by atoms with van der Waals surface area (Å²) < 4.78 is 4.50. The largest absolute Gasteiger partial charge is 0.376 e. The van der Waals surface area contributed by atoms with Crippen molar-refractivity contribution in [1.82, 2.24) is 0 Å². The van der Waals surface area contributed by atoms with Gasteiger partial charge in [0.2, 0.25) is 0 Å². The first-order valence-corrected chi connectivity index (χ1v) is 1.68. The van der Waals surface area contributed by atoms with Gasteiger partial charge in [-0.2, -0.15) is 0 Å². The number of ether oxygens (including phenoxy) is 1. The molecule has 1 heteroatoms. The van der Waals surface area contributed by atoms with Crippen molar-refractivity contribution in [2.24, 2.45) is 0 Å². The highest BCUT2D eigenvalue weighted by molar-refractivity contribution is 4.29. The van der Waals surface area contributed by atoms with Crippen molar-refractivity contribution in [3.05, 3.63) is 7.11 Å². The molecule has 0 saturated carbocycles. The molecule has 0 aliphatic rings. The predicted molar refractivity (Wildman–Crippen MR) is 21.6 cm³/mol. The van der Waals surface area contributed by atoms with Gasteiger partial charge in [-0.25, -0.2) is 0 Å².